The molecule has 1 aliphatic rings. The van der Waals surface area contributed by atoms with Crippen molar-refractivity contribution < 1.29 is 19.1 Å². The number of ether oxygens (including phenoxy) is 2. The Balaban J connectivity index is 3.36. The van der Waals surface area contributed by atoms with Crippen molar-refractivity contribution in [2.75, 3.05) is 14.2 Å². The van der Waals surface area contributed by atoms with Gasteiger partial charge in [0.15, 0.2) is 0 Å². The van der Waals surface area contributed by atoms with E-state index < -0.39 is 35.7 Å². The van der Waals surface area contributed by atoms with E-state index in [1.165, 1.54) is 70.5 Å². The summed E-state index contributed by atoms with van der Waals surface area (Å²) in [5.41, 5.74) is -1.27. The monoisotopic (exact) mass is 530 g/mol. The van der Waals surface area contributed by atoms with Crippen molar-refractivity contribution in [3.05, 3.63) is 12.7 Å². The van der Waals surface area contributed by atoms with Gasteiger partial charge < -0.3 is 0 Å². The molecule has 2 atom stereocenters. The predicted molar refractivity (Wildman–Crippen MR) is 127 cm³/mol. The van der Waals surface area contributed by atoms with Crippen molar-refractivity contribution >= 4 is 30.3 Å². The molecule has 0 amide bonds. The molecule has 30 heavy (non-hydrogen) atoms. The summed E-state index contributed by atoms with van der Waals surface area (Å²) in [4.78, 5) is 25.7. The molecular formula is C25H46O4Sn. The molecule has 0 spiro atoms. The molecule has 1 aliphatic carbocycles. The number of allylic oxidation sites excluding steroid dienone is 1. The molecule has 0 aromatic carbocycles. The maximum atomic E-state index is 12.8. The summed E-state index contributed by atoms with van der Waals surface area (Å²) in [6.07, 6.45) is 10.7. The van der Waals surface area contributed by atoms with Gasteiger partial charge in [-0.25, -0.2) is 0 Å². The normalized spacial score (nSPS) is 23.2. The van der Waals surface area contributed by atoms with Crippen LogP contribution in [0.4, 0.5) is 0 Å². The van der Waals surface area contributed by atoms with Gasteiger partial charge in [-0.3, -0.25) is 0 Å². The summed E-state index contributed by atoms with van der Waals surface area (Å²) >= 11 is -2.48. The number of carbonyl (C=O) groups is 2. The quantitative estimate of drug-likeness (QED) is 0.108. The van der Waals surface area contributed by atoms with E-state index in [9.17, 15) is 9.59 Å². The third-order valence-corrected chi connectivity index (χ3v) is 24.1. The number of unbranched alkanes of at least 4 members (excludes halogenated alkanes) is 3. The fraction of sp³-hybridized carbons (Fsp3) is 0.840. The van der Waals surface area contributed by atoms with Crippen molar-refractivity contribution in [3.8, 4) is 0 Å². The molecule has 1 saturated carbocycles. The van der Waals surface area contributed by atoms with Crippen LogP contribution in [0.3, 0.4) is 0 Å². The molecular weight excluding hydrogens is 483 g/mol. The zero-order valence-corrected chi connectivity index (χ0v) is 23.3. The molecule has 0 radical (unpaired) electrons. The Labute approximate surface area is 189 Å². The molecule has 0 aromatic heterocycles. The van der Waals surface area contributed by atoms with Gasteiger partial charge in [-0.1, -0.05) is 0 Å². The number of methoxy groups -OCH3 is 2. The number of hydrogen-bond acceptors (Lipinski definition) is 4. The fourth-order valence-electron chi connectivity index (χ4n) is 6.01. The van der Waals surface area contributed by atoms with Gasteiger partial charge in [-0.15, -0.1) is 0 Å². The Hall–Kier alpha value is -0.521. The maximum absolute atomic E-state index is 12.8. The summed E-state index contributed by atoms with van der Waals surface area (Å²) < 4.78 is 15.7. The number of carbonyl (C=O) groups excluding carboxylic acids is 2. The first-order valence-corrected chi connectivity index (χ1v) is 20.1. The average molecular weight is 529 g/mol. The van der Waals surface area contributed by atoms with Crippen LogP contribution in [0.25, 0.3) is 0 Å². The molecule has 0 bridgehead atoms. The molecule has 1 fully saturated rings. The summed E-state index contributed by atoms with van der Waals surface area (Å²) in [6, 6.07) is 0. The zero-order chi connectivity index (χ0) is 22.8. The molecule has 0 unspecified atom stereocenters. The standard InChI is InChI=1S/C13H19O4.3C4H9.Sn/c1-6-9-7-13(10(14)16-4,11(15)17-5)8-12(9,2)3;3*1-3-4-2;/h6,9H,1-2,7-8H2,3-5H3;3*1,3-4H2,2H3;/t9-,12-;;;;/m1..../s1. The first-order valence-electron chi connectivity index (χ1n) is 12.0. The third kappa shape index (κ3) is 6.26. The van der Waals surface area contributed by atoms with Gasteiger partial charge >= 0.3 is 190 Å². The van der Waals surface area contributed by atoms with Gasteiger partial charge in [0, 0.05) is 0 Å². The van der Waals surface area contributed by atoms with Crippen LogP contribution < -0.4 is 0 Å². The van der Waals surface area contributed by atoms with Crippen LogP contribution in [-0.2, 0) is 19.1 Å². The SMILES string of the molecule is C=C[C@@H]1CC(C(=O)OC)(C(=O)OC)C[C@]1(C)[CH2][Sn]([CH2]CCC)([CH2]CCC)[CH2]CCC. The van der Waals surface area contributed by atoms with Gasteiger partial charge in [0.05, 0.1) is 0 Å². The molecule has 4 nitrogen and oxygen atoms in total. The number of rotatable bonds is 14. The average Bonchev–Trinajstić information content (AvgIpc) is 3.06. The molecule has 0 aliphatic heterocycles. The summed E-state index contributed by atoms with van der Waals surface area (Å²) in [7, 11) is 2.75. The van der Waals surface area contributed by atoms with Crippen LogP contribution in [0, 0.1) is 16.7 Å². The van der Waals surface area contributed by atoms with E-state index in [1.54, 1.807) is 0 Å². The molecule has 5 heteroatoms. The number of esters is 2. The second-order valence-corrected chi connectivity index (χ2v) is 23.8. The Morgan fingerprint density at radius 3 is 1.73 bits per heavy atom. The molecule has 0 N–H and O–H groups in total. The van der Waals surface area contributed by atoms with Crippen LogP contribution in [0.1, 0.15) is 79.1 Å². The molecule has 174 valence electrons. The van der Waals surface area contributed by atoms with Crippen molar-refractivity contribution in [2.24, 2.45) is 16.7 Å². The van der Waals surface area contributed by atoms with E-state index in [1.807, 2.05) is 6.08 Å². The van der Waals surface area contributed by atoms with Gasteiger partial charge in [0.2, 0.25) is 0 Å². The molecule has 1 rings (SSSR count). The van der Waals surface area contributed by atoms with E-state index in [-0.39, 0.29) is 11.3 Å². The fourth-order valence-corrected chi connectivity index (χ4v) is 25.1. The van der Waals surface area contributed by atoms with Crippen molar-refractivity contribution in [1.29, 1.82) is 0 Å². The van der Waals surface area contributed by atoms with Gasteiger partial charge in [-0.2, -0.15) is 0 Å². The van der Waals surface area contributed by atoms with Crippen molar-refractivity contribution in [3.63, 3.8) is 0 Å². The predicted octanol–water partition coefficient (Wildman–Crippen LogP) is 6.77. The second-order valence-electron chi connectivity index (χ2n) is 9.93. The van der Waals surface area contributed by atoms with Crippen LogP contribution in [0.2, 0.25) is 17.7 Å². The Morgan fingerprint density at radius 2 is 1.40 bits per heavy atom. The minimum atomic E-state index is -2.48. The Bertz CT molecular complexity index is 536. The van der Waals surface area contributed by atoms with Crippen molar-refractivity contribution in [1.82, 2.24) is 0 Å². The first kappa shape index (κ1) is 27.5. The first-order chi connectivity index (χ1) is 14.2. The summed E-state index contributed by atoms with van der Waals surface area (Å²) in [5.74, 6) is -0.751. The molecule has 0 aromatic rings. The molecule has 0 saturated heterocycles. The van der Waals surface area contributed by atoms with E-state index in [0.29, 0.717) is 12.8 Å². The van der Waals surface area contributed by atoms with E-state index in [2.05, 4.69) is 34.3 Å². The van der Waals surface area contributed by atoms with Crippen LogP contribution >= 0.6 is 0 Å². The second kappa shape index (κ2) is 12.5. The van der Waals surface area contributed by atoms with Crippen LogP contribution in [0.15, 0.2) is 12.7 Å². The van der Waals surface area contributed by atoms with Gasteiger partial charge in [-0.05, 0) is 0 Å². The summed E-state index contributed by atoms with van der Waals surface area (Å²) in [6.45, 7) is 13.3. The molecule has 0 heterocycles. The third-order valence-electron chi connectivity index (χ3n) is 7.57. The number of hydrogen-bond donors (Lipinski definition) is 0. The van der Waals surface area contributed by atoms with E-state index in [0.717, 1.165) is 0 Å². The Morgan fingerprint density at radius 1 is 0.967 bits per heavy atom. The van der Waals surface area contributed by atoms with E-state index >= 15 is 0 Å². The minimum absolute atomic E-state index is 0.0879. The Kier molecular flexibility index (Phi) is 11.5. The van der Waals surface area contributed by atoms with Gasteiger partial charge in [0.1, 0.15) is 0 Å². The van der Waals surface area contributed by atoms with Crippen LogP contribution in [-0.4, -0.2) is 44.5 Å². The topological polar surface area (TPSA) is 52.6 Å². The van der Waals surface area contributed by atoms with Crippen molar-refractivity contribution in [2.45, 2.75) is 96.8 Å². The summed E-state index contributed by atoms with van der Waals surface area (Å²) in [5, 5.41) is 0. The zero-order valence-electron chi connectivity index (χ0n) is 20.5. The van der Waals surface area contributed by atoms with Gasteiger partial charge in [0.25, 0.3) is 0 Å². The van der Waals surface area contributed by atoms with Crippen LogP contribution in [0.5, 0.6) is 0 Å². The van der Waals surface area contributed by atoms with E-state index in [4.69, 9.17) is 9.47 Å².